The van der Waals surface area contributed by atoms with Crippen molar-refractivity contribution in [2.75, 3.05) is 17.1 Å². The van der Waals surface area contributed by atoms with Gasteiger partial charge in [0.05, 0.1) is 11.9 Å². The number of amides is 1. The number of rotatable bonds is 7. The summed E-state index contributed by atoms with van der Waals surface area (Å²) in [6.07, 6.45) is 1.32. The van der Waals surface area contributed by atoms with Gasteiger partial charge in [-0.05, 0) is 37.8 Å². The summed E-state index contributed by atoms with van der Waals surface area (Å²) in [7, 11) is -3.47. The molecular formula is C17H28N2O3S. The molecule has 0 bridgehead atoms. The van der Waals surface area contributed by atoms with Crippen molar-refractivity contribution in [2.45, 2.75) is 53.0 Å². The van der Waals surface area contributed by atoms with Gasteiger partial charge in [-0.1, -0.05) is 32.0 Å². The van der Waals surface area contributed by atoms with Crippen molar-refractivity contribution in [3.05, 3.63) is 29.3 Å². The Bertz CT molecular complexity index is 652. The molecule has 6 heteroatoms. The lowest BCUT2D eigenvalue weighted by molar-refractivity contribution is -0.121. The molecule has 0 aliphatic rings. The third-order valence-corrected chi connectivity index (χ3v) is 4.70. The largest absolute Gasteiger partial charge is 0.354 e. The van der Waals surface area contributed by atoms with Crippen molar-refractivity contribution < 1.29 is 13.2 Å². The second-order valence-corrected chi connectivity index (χ2v) is 8.38. The zero-order valence-electron chi connectivity index (χ0n) is 14.9. The number of nitrogens with one attached hydrogen (secondary N) is 1. The Morgan fingerprint density at radius 3 is 2.30 bits per heavy atom. The number of carbonyl (C=O) groups is 1. The van der Waals surface area contributed by atoms with Crippen molar-refractivity contribution >= 4 is 21.6 Å². The maximum atomic E-state index is 12.3. The number of benzene rings is 1. The summed E-state index contributed by atoms with van der Waals surface area (Å²) in [6.45, 7) is 9.86. The Morgan fingerprint density at radius 1 is 1.22 bits per heavy atom. The van der Waals surface area contributed by atoms with Gasteiger partial charge in [0.1, 0.15) is 0 Å². The SMILES string of the molecule is Cc1cccc(C(C)C)c1N(CCC(=O)NC(C)C)S(C)(=O)=O. The Morgan fingerprint density at radius 2 is 1.83 bits per heavy atom. The molecule has 1 aromatic rings. The Labute approximate surface area is 140 Å². The average molecular weight is 340 g/mol. The molecule has 0 spiro atoms. The predicted octanol–water partition coefficient (Wildman–Crippen LogP) is 2.80. The molecule has 0 atom stereocenters. The van der Waals surface area contributed by atoms with E-state index in [1.165, 1.54) is 10.6 Å². The molecule has 0 unspecified atom stereocenters. The number of sulfonamides is 1. The first kappa shape index (κ1) is 19.5. The van der Waals surface area contributed by atoms with E-state index in [2.05, 4.69) is 5.32 Å². The van der Waals surface area contributed by atoms with Crippen LogP contribution in [0.25, 0.3) is 0 Å². The molecule has 5 nitrogen and oxygen atoms in total. The van der Waals surface area contributed by atoms with Crippen LogP contribution in [0.15, 0.2) is 18.2 Å². The van der Waals surface area contributed by atoms with Gasteiger partial charge in [0.15, 0.2) is 0 Å². The highest BCUT2D eigenvalue weighted by Crippen LogP contribution is 2.32. The van der Waals surface area contributed by atoms with E-state index in [9.17, 15) is 13.2 Å². The van der Waals surface area contributed by atoms with Crippen LogP contribution >= 0.6 is 0 Å². The van der Waals surface area contributed by atoms with E-state index in [1.807, 2.05) is 52.8 Å². The minimum atomic E-state index is -3.47. The van der Waals surface area contributed by atoms with Gasteiger partial charge < -0.3 is 5.32 Å². The standard InChI is InChI=1S/C17H28N2O3S/c1-12(2)15-9-7-8-14(5)17(15)19(23(6,21)22)11-10-16(20)18-13(3)4/h7-9,12-13H,10-11H2,1-6H3,(H,18,20). The average Bonchev–Trinajstić information content (AvgIpc) is 2.37. The topological polar surface area (TPSA) is 66.5 Å². The fourth-order valence-corrected chi connectivity index (χ4v) is 3.53. The van der Waals surface area contributed by atoms with Gasteiger partial charge in [0.2, 0.25) is 15.9 Å². The molecular weight excluding hydrogens is 312 g/mol. The van der Waals surface area contributed by atoms with E-state index in [1.54, 1.807) is 0 Å². The summed E-state index contributed by atoms with van der Waals surface area (Å²) in [6, 6.07) is 5.81. The van der Waals surface area contributed by atoms with Crippen LogP contribution < -0.4 is 9.62 Å². The molecule has 0 aromatic heterocycles. The second-order valence-electron chi connectivity index (χ2n) is 6.47. The number of carbonyl (C=O) groups excluding carboxylic acids is 1. The highest BCUT2D eigenvalue weighted by molar-refractivity contribution is 7.92. The minimum Gasteiger partial charge on any atom is -0.354 e. The highest BCUT2D eigenvalue weighted by atomic mass is 32.2. The van der Waals surface area contributed by atoms with Crippen LogP contribution in [0.3, 0.4) is 0 Å². The zero-order valence-corrected chi connectivity index (χ0v) is 15.7. The summed E-state index contributed by atoms with van der Waals surface area (Å²) in [4.78, 5) is 11.9. The first-order valence-electron chi connectivity index (χ1n) is 7.90. The molecule has 0 aliphatic heterocycles. The number of nitrogens with zero attached hydrogens (tertiary/aromatic N) is 1. The lowest BCUT2D eigenvalue weighted by Gasteiger charge is -2.28. The summed E-state index contributed by atoms with van der Waals surface area (Å²) >= 11 is 0. The molecule has 0 aliphatic carbocycles. The number of hydrogen-bond acceptors (Lipinski definition) is 3. The number of hydrogen-bond donors (Lipinski definition) is 1. The van der Waals surface area contributed by atoms with Gasteiger partial charge >= 0.3 is 0 Å². The first-order valence-corrected chi connectivity index (χ1v) is 9.75. The monoisotopic (exact) mass is 340 g/mol. The summed E-state index contributed by atoms with van der Waals surface area (Å²) < 4.78 is 25.9. The van der Waals surface area contributed by atoms with Crippen LogP contribution in [-0.2, 0) is 14.8 Å². The van der Waals surface area contributed by atoms with Gasteiger partial charge in [-0.2, -0.15) is 0 Å². The Kier molecular flexibility index (Phi) is 6.62. The van der Waals surface area contributed by atoms with Crippen LogP contribution in [0.4, 0.5) is 5.69 Å². The normalized spacial score (nSPS) is 11.8. The van der Waals surface area contributed by atoms with Gasteiger partial charge in [-0.3, -0.25) is 9.10 Å². The lowest BCUT2D eigenvalue weighted by Crippen LogP contribution is -2.37. The highest BCUT2D eigenvalue weighted by Gasteiger charge is 2.24. The van der Waals surface area contributed by atoms with Gasteiger partial charge in [-0.15, -0.1) is 0 Å². The number of aryl methyl sites for hydroxylation is 1. The fourth-order valence-electron chi connectivity index (χ4n) is 2.53. The zero-order chi connectivity index (χ0) is 17.8. The predicted molar refractivity (Wildman–Crippen MR) is 95.4 cm³/mol. The van der Waals surface area contributed by atoms with Crippen LogP contribution in [0.2, 0.25) is 0 Å². The van der Waals surface area contributed by atoms with Crippen LogP contribution in [0.1, 0.15) is 51.2 Å². The van der Waals surface area contributed by atoms with Crippen LogP contribution in [0, 0.1) is 6.92 Å². The first-order chi connectivity index (χ1) is 10.5. The Hall–Kier alpha value is -1.56. The molecule has 0 radical (unpaired) electrons. The molecule has 130 valence electrons. The van der Waals surface area contributed by atoms with Crippen molar-refractivity contribution in [3.8, 4) is 0 Å². The van der Waals surface area contributed by atoms with E-state index >= 15 is 0 Å². The maximum Gasteiger partial charge on any atom is 0.232 e. The second kappa shape index (κ2) is 7.81. The number of anilines is 1. The molecule has 1 amide bonds. The number of para-hydroxylation sites is 1. The molecule has 0 heterocycles. The van der Waals surface area contributed by atoms with Crippen LogP contribution in [0.5, 0.6) is 0 Å². The van der Waals surface area contributed by atoms with E-state index < -0.39 is 10.0 Å². The summed E-state index contributed by atoms with van der Waals surface area (Å²) in [5.74, 6) is 0.0481. The smallest absolute Gasteiger partial charge is 0.232 e. The summed E-state index contributed by atoms with van der Waals surface area (Å²) in [5.41, 5.74) is 2.56. The maximum absolute atomic E-state index is 12.3. The lowest BCUT2D eigenvalue weighted by atomic mass is 9.98. The minimum absolute atomic E-state index is 0.0406. The van der Waals surface area contributed by atoms with Gasteiger partial charge in [0, 0.05) is 19.0 Å². The molecule has 0 saturated heterocycles. The van der Waals surface area contributed by atoms with Crippen molar-refractivity contribution in [3.63, 3.8) is 0 Å². The van der Waals surface area contributed by atoms with Crippen molar-refractivity contribution in [1.29, 1.82) is 0 Å². The van der Waals surface area contributed by atoms with E-state index in [0.29, 0.717) is 5.69 Å². The third-order valence-electron chi connectivity index (χ3n) is 3.53. The van der Waals surface area contributed by atoms with Gasteiger partial charge in [0.25, 0.3) is 0 Å². The molecule has 1 rings (SSSR count). The van der Waals surface area contributed by atoms with Crippen LogP contribution in [-0.4, -0.2) is 33.2 Å². The van der Waals surface area contributed by atoms with Crippen molar-refractivity contribution in [2.24, 2.45) is 0 Å². The van der Waals surface area contributed by atoms with E-state index in [4.69, 9.17) is 0 Å². The molecule has 1 aromatic carbocycles. The Balaban J connectivity index is 3.17. The fraction of sp³-hybridized carbons (Fsp3) is 0.588. The molecule has 23 heavy (non-hydrogen) atoms. The quantitative estimate of drug-likeness (QED) is 0.830. The van der Waals surface area contributed by atoms with Crippen molar-refractivity contribution in [1.82, 2.24) is 5.32 Å². The van der Waals surface area contributed by atoms with Gasteiger partial charge in [-0.25, -0.2) is 8.42 Å². The summed E-state index contributed by atoms with van der Waals surface area (Å²) in [5, 5.41) is 2.79. The third kappa shape index (κ3) is 5.53. The molecule has 1 N–H and O–H groups in total. The van der Waals surface area contributed by atoms with E-state index in [0.717, 1.165) is 11.1 Å². The molecule has 0 saturated carbocycles. The van der Waals surface area contributed by atoms with E-state index in [-0.39, 0.29) is 30.8 Å². The molecule has 0 fully saturated rings.